The third-order valence-corrected chi connectivity index (χ3v) is 2.78. The van der Waals surface area contributed by atoms with Gasteiger partial charge in [-0.25, -0.2) is 0 Å². The molecule has 8 heteroatoms. The van der Waals surface area contributed by atoms with E-state index in [0.29, 0.717) is 12.1 Å². The molecule has 5 nitrogen and oxygen atoms in total. The van der Waals surface area contributed by atoms with E-state index in [-0.39, 0.29) is 18.1 Å². The number of ether oxygens (including phenoxy) is 1. The minimum atomic E-state index is -4.77. The number of amides is 1. The van der Waals surface area contributed by atoms with Crippen molar-refractivity contribution >= 4 is 11.9 Å². The molecule has 0 aliphatic rings. The van der Waals surface area contributed by atoms with E-state index in [9.17, 15) is 22.8 Å². The fourth-order valence-electron chi connectivity index (χ4n) is 1.95. The average Bonchev–Trinajstić information content (AvgIpc) is 2.37. The van der Waals surface area contributed by atoms with Crippen LogP contribution in [0.1, 0.15) is 19.4 Å². The van der Waals surface area contributed by atoms with Crippen LogP contribution in [-0.2, 0) is 16.0 Å². The van der Waals surface area contributed by atoms with E-state index in [1.54, 1.807) is 0 Å². The number of carbonyl (C=O) groups excluding carboxylic acids is 1. The molecule has 0 saturated carbocycles. The number of hydrogen-bond donors (Lipinski definition) is 1. The van der Waals surface area contributed by atoms with Gasteiger partial charge in [-0.15, -0.1) is 13.2 Å². The van der Waals surface area contributed by atoms with Gasteiger partial charge in [-0.3, -0.25) is 9.59 Å². The molecule has 23 heavy (non-hydrogen) atoms. The maximum absolute atomic E-state index is 12.1. The average molecular weight is 333 g/mol. The van der Waals surface area contributed by atoms with Crippen molar-refractivity contribution in [3.8, 4) is 5.75 Å². The lowest BCUT2D eigenvalue weighted by Gasteiger charge is -2.22. The molecule has 0 spiro atoms. The molecular weight excluding hydrogens is 315 g/mol. The van der Waals surface area contributed by atoms with Crippen molar-refractivity contribution in [3.63, 3.8) is 0 Å². The zero-order valence-electron chi connectivity index (χ0n) is 12.8. The van der Waals surface area contributed by atoms with Crippen molar-refractivity contribution in [2.45, 2.75) is 26.6 Å². The zero-order chi connectivity index (χ0) is 17.6. The maximum atomic E-state index is 12.1. The molecule has 0 fully saturated rings. The standard InChI is InChI=1S/C15H18F3NO4/c1-10(2)8-19(9-14(21)22)13(20)7-11-3-5-12(6-4-11)23-15(16,17)18/h3-6,10H,7-9H2,1-2H3,(H,21,22). The largest absolute Gasteiger partial charge is 0.573 e. The smallest absolute Gasteiger partial charge is 0.480 e. The Balaban J connectivity index is 2.72. The first-order valence-corrected chi connectivity index (χ1v) is 6.91. The second kappa shape index (κ2) is 7.85. The molecule has 0 saturated heterocycles. The number of carboxylic acids is 1. The Bertz CT molecular complexity index is 541. The number of alkyl halides is 3. The van der Waals surface area contributed by atoms with Crippen molar-refractivity contribution in [1.29, 1.82) is 0 Å². The van der Waals surface area contributed by atoms with Crippen LogP contribution in [-0.4, -0.2) is 41.3 Å². The Morgan fingerprint density at radius 2 is 1.78 bits per heavy atom. The van der Waals surface area contributed by atoms with Crippen LogP contribution in [0, 0.1) is 5.92 Å². The number of halogens is 3. The maximum Gasteiger partial charge on any atom is 0.573 e. The van der Waals surface area contributed by atoms with Crippen molar-refractivity contribution in [2.75, 3.05) is 13.1 Å². The summed E-state index contributed by atoms with van der Waals surface area (Å²) in [7, 11) is 0. The van der Waals surface area contributed by atoms with E-state index in [4.69, 9.17) is 5.11 Å². The number of hydrogen-bond acceptors (Lipinski definition) is 3. The fourth-order valence-corrected chi connectivity index (χ4v) is 1.95. The Morgan fingerprint density at radius 1 is 1.22 bits per heavy atom. The van der Waals surface area contributed by atoms with Gasteiger partial charge in [-0.1, -0.05) is 26.0 Å². The molecule has 1 rings (SSSR count). The lowest BCUT2D eigenvalue weighted by molar-refractivity contribution is -0.274. The highest BCUT2D eigenvalue weighted by Gasteiger charge is 2.31. The molecule has 0 atom stereocenters. The molecule has 0 aliphatic carbocycles. The zero-order valence-corrected chi connectivity index (χ0v) is 12.8. The monoisotopic (exact) mass is 333 g/mol. The highest BCUT2D eigenvalue weighted by atomic mass is 19.4. The van der Waals surface area contributed by atoms with E-state index in [0.717, 1.165) is 12.1 Å². The first-order chi connectivity index (χ1) is 10.6. The molecule has 0 bridgehead atoms. The van der Waals surface area contributed by atoms with Crippen molar-refractivity contribution in [3.05, 3.63) is 29.8 Å². The summed E-state index contributed by atoms with van der Waals surface area (Å²) in [6, 6.07) is 4.90. The number of carboxylic acid groups (broad SMARTS) is 1. The van der Waals surface area contributed by atoms with Crippen molar-refractivity contribution in [1.82, 2.24) is 4.90 Å². The predicted octanol–water partition coefficient (Wildman–Crippen LogP) is 2.70. The van der Waals surface area contributed by atoms with Crippen LogP contribution in [0.25, 0.3) is 0 Å². The van der Waals surface area contributed by atoms with Gasteiger partial charge >= 0.3 is 12.3 Å². The highest BCUT2D eigenvalue weighted by molar-refractivity contribution is 5.83. The second-order valence-electron chi connectivity index (χ2n) is 5.43. The molecular formula is C15H18F3NO4. The van der Waals surface area contributed by atoms with Gasteiger partial charge in [0.05, 0.1) is 6.42 Å². The number of benzene rings is 1. The van der Waals surface area contributed by atoms with Gasteiger partial charge in [0.2, 0.25) is 5.91 Å². The van der Waals surface area contributed by atoms with Crippen LogP contribution in [0.5, 0.6) is 5.75 Å². The summed E-state index contributed by atoms with van der Waals surface area (Å²) < 4.78 is 39.9. The summed E-state index contributed by atoms with van der Waals surface area (Å²) in [6.45, 7) is 3.59. The summed E-state index contributed by atoms with van der Waals surface area (Å²) in [5, 5.41) is 8.84. The number of nitrogens with zero attached hydrogens (tertiary/aromatic N) is 1. The van der Waals surface area contributed by atoms with E-state index in [1.165, 1.54) is 17.0 Å². The minimum absolute atomic E-state index is 0.0910. The van der Waals surface area contributed by atoms with Gasteiger partial charge in [-0.05, 0) is 23.6 Å². The van der Waals surface area contributed by atoms with E-state index in [1.807, 2.05) is 13.8 Å². The van der Waals surface area contributed by atoms with E-state index in [2.05, 4.69) is 4.74 Å². The summed E-state index contributed by atoms with van der Waals surface area (Å²) >= 11 is 0. The van der Waals surface area contributed by atoms with Gasteiger partial charge in [0, 0.05) is 6.54 Å². The summed E-state index contributed by atoms with van der Waals surface area (Å²) in [4.78, 5) is 24.2. The first-order valence-electron chi connectivity index (χ1n) is 6.91. The first kappa shape index (κ1) is 18.8. The predicted molar refractivity (Wildman–Crippen MR) is 75.9 cm³/mol. The number of rotatable bonds is 7. The topological polar surface area (TPSA) is 66.8 Å². The number of carbonyl (C=O) groups is 2. The lowest BCUT2D eigenvalue weighted by atomic mass is 10.1. The Morgan fingerprint density at radius 3 is 2.22 bits per heavy atom. The van der Waals surface area contributed by atoms with E-state index < -0.39 is 24.8 Å². The molecule has 0 aliphatic heterocycles. The molecule has 0 aromatic heterocycles. The third-order valence-electron chi connectivity index (χ3n) is 2.78. The summed E-state index contributed by atoms with van der Waals surface area (Å²) in [6.07, 6.45) is -4.86. The molecule has 1 aromatic rings. The van der Waals surface area contributed by atoms with Gasteiger partial charge in [-0.2, -0.15) is 0 Å². The van der Waals surface area contributed by atoms with E-state index >= 15 is 0 Å². The fraction of sp³-hybridized carbons (Fsp3) is 0.467. The van der Waals surface area contributed by atoms with Crippen LogP contribution in [0.15, 0.2) is 24.3 Å². The van der Waals surface area contributed by atoms with Crippen LogP contribution >= 0.6 is 0 Å². The quantitative estimate of drug-likeness (QED) is 0.833. The Hall–Kier alpha value is -2.25. The SMILES string of the molecule is CC(C)CN(CC(=O)O)C(=O)Cc1ccc(OC(F)(F)F)cc1. The Kier molecular flexibility index (Phi) is 6.41. The molecule has 0 unspecified atom stereocenters. The van der Waals surface area contributed by atoms with Crippen LogP contribution in [0.3, 0.4) is 0 Å². The summed E-state index contributed by atoms with van der Waals surface area (Å²) in [5.41, 5.74) is 0.476. The van der Waals surface area contributed by atoms with Gasteiger partial charge in [0.1, 0.15) is 12.3 Å². The molecule has 0 heterocycles. The van der Waals surface area contributed by atoms with Crippen LogP contribution < -0.4 is 4.74 Å². The van der Waals surface area contributed by atoms with Gasteiger partial charge in [0.15, 0.2) is 0 Å². The molecule has 1 amide bonds. The number of aliphatic carboxylic acids is 1. The van der Waals surface area contributed by atoms with Crippen LogP contribution in [0.4, 0.5) is 13.2 Å². The van der Waals surface area contributed by atoms with Crippen molar-refractivity contribution in [2.24, 2.45) is 5.92 Å². The minimum Gasteiger partial charge on any atom is -0.480 e. The highest BCUT2D eigenvalue weighted by Crippen LogP contribution is 2.23. The van der Waals surface area contributed by atoms with Gasteiger partial charge < -0.3 is 14.7 Å². The lowest BCUT2D eigenvalue weighted by Crippen LogP contribution is -2.39. The second-order valence-corrected chi connectivity index (χ2v) is 5.43. The Labute approximate surface area is 131 Å². The van der Waals surface area contributed by atoms with Gasteiger partial charge in [0.25, 0.3) is 0 Å². The van der Waals surface area contributed by atoms with Crippen molar-refractivity contribution < 1.29 is 32.6 Å². The molecule has 128 valence electrons. The third kappa shape index (κ3) is 7.53. The molecule has 0 radical (unpaired) electrons. The van der Waals surface area contributed by atoms with Crippen LogP contribution in [0.2, 0.25) is 0 Å². The summed E-state index contributed by atoms with van der Waals surface area (Å²) in [5.74, 6) is -1.79. The molecule has 1 N–H and O–H groups in total. The normalized spacial score (nSPS) is 11.4. The molecule has 1 aromatic carbocycles.